The van der Waals surface area contributed by atoms with Gasteiger partial charge in [-0.05, 0) is 5.56 Å². The number of benzene rings is 1. The molecule has 2 nitrogen and oxygen atoms in total. The molecular formula is C14H13NO. The molecule has 0 radical (unpaired) electrons. The molecule has 3 rings (SSSR count). The van der Waals surface area contributed by atoms with Gasteiger partial charge in [-0.15, -0.1) is 0 Å². The molecular weight excluding hydrogens is 198 g/mol. The lowest BCUT2D eigenvalue weighted by atomic mass is 9.97. The van der Waals surface area contributed by atoms with Crippen molar-refractivity contribution in [3.05, 3.63) is 60.2 Å². The Labute approximate surface area is 94.9 Å². The van der Waals surface area contributed by atoms with Gasteiger partial charge in [0.2, 0.25) is 0 Å². The maximum atomic E-state index is 5.49. The molecule has 80 valence electrons. The molecule has 2 aliphatic rings. The van der Waals surface area contributed by atoms with Crippen LogP contribution in [0.15, 0.2) is 59.8 Å². The van der Waals surface area contributed by atoms with Crippen molar-refractivity contribution >= 4 is 5.71 Å². The van der Waals surface area contributed by atoms with E-state index in [9.17, 15) is 0 Å². The van der Waals surface area contributed by atoms with Gasteiger partial charge in [-0.25, -0.2) is 0 Å². The molecule has 0 amide bonds. The second-order valence-corrected chi connectivity index (χ2v) is 4.10. The van der Waals surface area contributed by atoms with Crippen LogP contribution >= 0.6 is 0 Å². The first-order valence-electron chi connectivity index (χ1n) is 5.56. The summed E-state index contributed by atoms with van der Waals surface area (Å²) in [5.41, 5.74) is 2.22. The maximum absolute atomic E-state index is 5.49. The molecule has 0 fully saturated rings. The maximum Gasteiger partial charge on any atom is 0.142 e. The van der Waals surface area contributed by atoms with Crippen LogP contribution in [0.5, 0.6) is 0 Å². The lowest BCUT2D eigenvalue weighted by molar-refractivity contribution is 0.0683. The number of nitrogens with zero attached hydrogens (tertiary/aromatic N) is 1. The van der Waals surface area contributed by atoms with E-state index < -0.39 is 0 Å². The fraction of sp³-hybridized carbons (Fsp3) is 0.214. The van der Waals surface area contributed by atoms with E-state index in [-0.39, 0.29) is 6.10 Å². The van der Waals surface area contributed by atoms with Gasteiger partial charge in [0.1, 0.15) is 6.10 Å². The minimum absolute atomic E-state index is 0.171. The number of hydrogen-bond acceptors (Lipinski definition) is 2. The molecule has 1 aromatic carbocycles. The quantitative estimate of drug-likeness (QED) is 0.737. The fourth-order valence-corrected chi connectivity index (χ4v) is 2.10. The number of rotatable bonds is 2. The molecule has 0 N–H and O–H groups in total. The second-order valence-electron chi connectivity index (χ2n) is 4.10. The Bertz CT molecular complexity index is 447. The topological polar surface area (TPSA) is 21.6 Å². The van der Waals surface area contributed by atoms with Crippen LogP contribution in [0.25, 0.3) is 0 Å². The fourth-order valence-electron chi connectivity index (χ4n) is 2.10. The van der Waals surface area contributed by atoms with Gasteiger partial charge in [0, 0.05) is 12.3 Å². The first kappa shape index (κ1) is 9.40. The van der Waals surface area contributed by atoms with Crippen LogP contribution in [0.2, 0.25) is 0 Å². The molecule has 1 atom stereocenters. The Morgan fingerprint density at radius 3 is 2.56 bits per heavy atom. The predicted molar refractivity (Wildman–Crippen MR) is 64.2 cm³/mol. The van der Waals surface area contributed by atoms with Gasteiger partial charge < -0.3 is 4.84 Å². The third-order valence-corrected chi connectivity index (χ3v) is 3.01. The average molecular weight is 211 g/mol. The van der Waals surface area contributed by atoms with Crippen molar-refractivity contribution in [2.24, 2.45) is 11.1 Å². The van der Waals surface area contributed by atoms with Crippen LogP contribution < -0.4 is 0 Å². The predicted octanol–water partition coefficient (Wildman–Crippen LogP) is 2.92. The third kappa shape index (κ3) is 1.67. The summed E-state index contributed by atoms with van der Waals surface area (Å²) in [7, 11) is 0. The standard InChI is InChI=1S/C14H13NO/c1-2-6-11(7-3-1)13-10-14(16-15-13)12-8-4-5-9-12/h1-9,12,14H,10H2. The zero-order valence-corrected chi connectivity index (χ0v) is 8.91. The summed E-state index contributed by atoms with van der Waals surface area (Å²) in [6.45, 7) is 0. The minimum Gasteiger partial charge on any atom is -0.391 e. The van der Waals surface area contributed by atoms with E-state index in [0.29, 0.717) is 5.92 Å². The molecule has 1 heterocycles. The van der Waals surface area contributed by atoms with E-state index in [1.165, 1.54) is 0 Å². The van der Waals surface area contributed by atoms with Crippen molar-refractivity contribution in [2.45, 2.75) is 12.5 Å². The first-order chi connectivity index (χ1) is 7.93. The first-order valence-corrected chi connectivity index (χ1v) is 5.56. The van der Waals surface area contributed by atoms with Crippen LogP contribution in [-0.2, 0) is 4.84 Å². The van der Waals surface area contributed by atoms with E-state index in [2.05, 4.69) is 41.6 Å². The van der Waals surface area contributed by atoms with Crippen molar-refractivity contribution in [3.8, 4) is 0 Å². The molecule has 0 saturated carbocycles. The van der Waals surface area contributed by atoms with Gasteiger partial charge >= 0.3 is 0 Å². The van der Waals surface area contributed by atoms with Gasteiger partial charge in [-0.1, -0.05) is 59.8 Å². The monoisotopic (exact) mass is 211 g/mol. The Hall–Kier alpha value is -1.83. The normalized spacial score (nSPS) is 23.5. The van der Waals surface area contributed by atoms with Crippen LogP contribution in [-0.4, -0.2) is 11.8 Å². The Kier molecular flexibility index (Phi) is 2.33. The summed E-state index contributed by atoms with van der Waals surface area (Å²) in [5, 5.41) is 4.18. The molecule has 0 spiro atoms. The third-order valence-electron chi connectivity index (χ3n) is 3.01. The van der Waals surface area contributed by atoms with Gasteiger partial charge in [-0.3, -0.25) is 0 Å². The summed E-state index contributed by atoms with van der Waals surface area (Å²) in [5.74, 6) is 0.380. The van der Waals surface area contributed by atoms with Crippen molar-refractivity contribution in [1.82, 2.24) is 0 Å². The summed E-state index contributed by atoms with van der Waals surface area (Å²) in [6.07, 6.45) is 9.51. The van der Waals surface area contributed by atoms with Gasteiger partial charge in [0.05, 0.1) is 5.71 Å². The van der Waals surface area contributed by atoms with Crippen molar-refractivity contribution < 1.29 is 4.84 Å². The molecule has 16 heavy (non-hydrogen) atoms. The highest BCUT2D eigenvalue weighted by atomic mass is 16.6. The molecule has 0 saturated heterocycles. The van der Waals surface area contributed by atoms with Gasteiger partial charge in [-0.2, -0.15) is 0 Å². The van der Waals surface area contributed by atoms with Crippen LogP contribution in [0.4, 0.5) is 0 Å². The summed E-state index contributed by atoms with van der Waals surface area (Å²) in [6, 6.07) is 10.2. The van der Waals surface area contributed by atoms with Crippen molar-refractivity contribution in [2.75, 3.05) is 0 Å². The smallest absolute Gasteiger partial charge is 0.142 e. The molecule has 2 heteroatoms. The van der Waals surface area contributed by atoms with Crippen molar-refractivity contribution in [1.29, 1.82) is 0 Å². The number of allylic oxidation sites excluding steroid dienone is 2. The van der Waals surface area contributed by atoms with Crippen LogP contribution in [0, 0.1) is 5.92 Å². The molecule has 1 aliphatic heterocycles. The van der Waals surface area contributed by atoms with E-state index in [4.69, 9.17) is 4.84 Å². The largest absolute Gasteiger partial charge is 0.391 e. The summed E-state index contributed by atoms with van der Waals surface area (Å²) in [4.78, 5) is 5.49. The van der Waals surface area contributed by atoms with Gasteiger partial charge in [0.25, 0.3) is 0 Å². The highest BCUT2D eigenvalue weighted by Crippen LogP contribution is 2.26. The minimum atomic E-state index is 0.171. The second kappa shape index (κ2) is 3.97. The summed E-state index contributed by atoms with van der Waals surface area (Å²) < 4.78 is 0. The molecule has 0 aromatic heterocycles. The van der Waals surface area contributed by atoms with Crippen LogP contribution in [0.1, 0.15) is 12.0 Å². The van der Waals surface area contributed by atoms with E-state index in [1.807, 2.05) is 18.2 Å². The SMILES string of the molecule is C1=CC(C2CC(c3ccccc3)=NO2)C=C1. The molecule has 0 bridgehead atoms. The molecule has 1 unspecified atom stereocenters. The van der Waals surface area contributed by atoms with Crippen molar-refractivity contribution in [3.63, 3.8) is 0 Å². The molecule has 1 aliphatic carbocycles. The van der Waals surface area contributed by atoms with Crippen LogP contribution in [0.3, 0.4) is 0 Å². The van der Waals surface area contributed by atoms with E-state index in [1.54, 1.807) is 0 Å². The Balaban J connectivity index is 1.73. The number of oxime groups is 1. The molecule has 1 aromatic rings. The zero-order chi connectivity index (χ0) is 10.8. The van der Waals surface area contributed by atoms with Gasteiger partial charge in [0.15, 0.2) is 0 Å². The highest BCUT2D eigenvalue weighted by Gasteiger charge is 2.27. The van der Waals surface area contributed by atoms with E-state index in [0.717, 1.165) is 17.7 Å². The summed E-state index contributed by atoms with van der Waals surface area (Å²) >= 11 is 0. The average Bonchev–Trinajstić information content (AvgIpc) is 3.01. The Morgan fingerprint density at radius 2 is 1.81 bits per heavy atom. The zero-order valence-electron chi connectivity index (χ0n) is 8.91. The highest BCUT2D eigenvalue weighted by molar-refractivity contribution is 6.01. The lowest BCUT2D eigenvalue weighted by Gasteiger charge is -2.11. The number of hydrogen-bond donors (Lipinski definition) is 0. The van der Waals surface area contributed by atoms with E-state index >= 15 is 0 Å². The lowest BCUT2D eigenvalue weighted by Crippen LogP contribution is -2.16. The Morgan fingerprint density at radius 1 is 1.06 bits per heavy atom.